The zero-order chi connectivity index (χ0) is 14.1. The fourth-order valence-electron chi connectivity index (χ4n) is 0.419. The van der Waals surface area contributed by atoms with Gasteiger partial charge in [-0.2, -0.15) is 35.1 Å². The van der Waals surface area contributed by atoms with Crippen LogP contribution in [-0.4, -0.2) is 36.6 Å². The zero-order valence-corrected chi connectivity index (χ0v) is 7.46. The van der Waals surface area contributed by atoms with Crippen molar-refractivity contribution in [2.45, 2.75) is 18.3 Å². The van der Waals surface area contributed by atoms with Gasteiger partial charge in [-0.3, -0.25) is 4.79 Å². The highest BCUT2D eigenvalue weighted by Gasteiger charge is 2.59. The van der Waals surface area contributed by atoms with Crippen molar-refractivity contribution in [3.8, 4) is 0 Å². The summed E-state index contributed by atoms with van der Waals surface area (Å²) in [5, 5.41) is 0. The number of esters is 1. The maximum Gasteiger partial charge on any atom is 0.461 e. The monoisotopic (exact) mass is 274 g/mol. The molecule has 0 spiro atoms. The molecule has 0 aromatic rings. The lowest BCUT2D eigenvalue weighted by molar-refractivity contribution is -0.294. The average molecular weight is 274 g/mol. The number of alkyl halides is 8. The van der Waals surface area contributed by atoms with Gasteiger partial charge in [-0.1, -0.05) is 0 Å². The van der Waals surface area contributed by atoms with Gasteiger partial charge in [0.1, 0.15) is 0 Å². The molecule has 0 aliphatic heterocycles. The smallest absolute Gasteiger partial charge is 0.453 e. The summed E-state index contributed by atoms with van der Waals surface area (Å²) in [6.07, 6.45) is -11.8. The summed E-state index contributed by atoms with van der Waals surface area (Å²) in [4.78, 5) is 20.2. The minimum Gasteiger partial charge on any atom is -0.453 e. The van der Waals surface area contributed by atoms with Crippen LogP contribution >= 0.6 is 0 Å². The Morgan fingerprint density at radius 2 is 1.29 bits per heavy atom. The fraction of sp³-hybridized carbons (Fsp3) is 0.667. The Morgan fingerprint density at radius 1 is 0.882 bits per heavy atom. The van der Waals surface area contributed by atoms with Gasteiger partial charge in [-0.05, 0) is 0 Å². The van der Waals surface area contributed by atoms with E-state index in [4.69, 9.17) is 0 Å². The molecule has 0 saturated heterocycles. The number of hydrogen-bond acceptors (Lipinski definition) is 3. The highest BCUT2D eigenvalue weighted by molar-refractivity contribution is 6.35. The van der Waals surface area contributed by atoms with E-state index in [9.17, 15) is 44.7 Å². The SMILES string of the molecule is O=C(OCC(F)(F)C(F)(F)F)C(=O)C(F)(F)F. The van der Waals surface area contributed by atoms with Crippen molar-refractivity contribution in [2.24, 2.45) is 0 Å². The highest BCUT2D eigenvalue weighted by atomic mass is 19.4. The van der Waals surface area contributed by atoms with E-state index < -0.39 is 36.6 Å². The van der Waals surface area contributed by atoms with E-state index in [1.165, 1.54) is 0 Å². The number of carbonyl (C=O) groups is 2. The van der Waals surface area contributed by atoms with Crippen molar-refractivity contribution in [1.29, 1.82) is 0 Å². The molecule has 0 heterocycles. The third-order valence-electron chi connectivity index (χ3n) is 1.24. The minimum absolute atomic E-state index is 2.70. The van der Waals surface area contributed by atoms with Crippen LogP contribution in [0.1, 0.15) is 0 Å². The molecule has 0 aliphatic rings. The molecule has 0 N–H and O–H groups in total. The van der Waals surface area contributed by atoms with Crippen LogP contribution in [0.3, 0.4) is 0 Å². The van der Waals surface area contributed by atoms with E-state index in [2.05, 4.69) is 4.74 Å². The summed E-state index contributed by atoms with van der Waals surface area (Å²) < 4.78 is 95.9. The van der Waals surface area contributed by atoms with Gasteiger partial charge in [0.25, 0.3) is 0 Å². The van der Waals surface area contributed by atoms with Gasteiger partial charge in [-0.15, -0.1) is 0 Å². The van der Waals surface area contributed by atoms with Crippen LogP contribution in [0.25, 0.3) is 0 Å². The lowest BCUT2D eigenvalue weighted by atomic mass is 10.3. The van der Waals surface area contributed by atoms with E-state index in [0.29, 0.717) is 0 Å². The number of carbonyl (C=O) groups excluding carboxylic acids is 2. The van der Waals surface area contributed by atoms with Crippen molar-refractivity contribution in [3.63, 3.8) is 0 Å². The summed E-state index contributed by atoms with van der Waals surface area (Å²) in [5.74, 6) is -11.5. The molecule has 0 aliphatic carbocycles. The fourth-order valence-corrected chi connectivity index (χ4v) is 0.419. The Kier molecular flexibility index (Phi) is 4.08. The highest BCUT2D eigenvalue weighted by Crippen LogP contribution is 2.35. The molecular weight excluding hydrogens is 272 g/mol. The maximum atomic E-state index is 12.1. The number of ether oxygens (including phenoxy) is 1. The van der Waals surface area contributed by atoms with Crippen molar-refractivity contribution >= 4 is 11.8 Å². The second-order valence-electron chi connectivity index (χ2n) is 2.61. The normalized spacial score (nSPS) is 13.4. The molecule has 0 aromatic heterocycles. The van der Waals surface area contributed by atoms with Crippen LogP contribution < -0.4 is 0 Å². The van der Waals surface area contributed by atoms with Gasteiger partial charge >= 0.3 is 30.0 Å². The standard InChI is InChI=1S/C6H2F8O3/c7-4(8,6(12,13)14)1-17-3(16)2(15)5(9,10)11/h1H2. The van der Waals surface area contributed by atoms with Gasteiger partial charge in [0.05, 0.1) is 0 Å². The first kappa shape index (κ1) is 15.6. The molecule has 0 amide bonds. The Balaban J connectivity index is 4.52. The van der Waals surface area contributed by atoms with Crippen LogP contribution in [0.4, 0.5) is 35.1 Å². The van der Waals surface area contributed by atoms with E-state index >= 15 is 0 Å². The summed E-state index contributed by atoms with van der Waals surface area (Å²) in [5.41, 5.74) is 0. The summed E-state index contributed by atoms with van der Waals surface area (Å²) in [6.45, 7) is -2.70. The molecular formula is C6H2F8O3. The number of Topliss-reactive ketones (excluding diaryl/α,β-unsaturated/α-hetero) is 1. The van der Waals surface area contributed by atoms with Crippen LogP contribution in [0.5, 0.6) is 0 Å². The summed E-state index contributed by atoms with van der Waals surface area (Å²) in [6, 6.07) is 0. The predicted octanol–water partition coefficient (Wildman–Crippen LogP) is 1.86. The van der Waals surface area contributed by atoms with Gasteiger partial charge in [0.2, 0.25) is 0 Å². The Bertz CT molecular complexity index is 314. The number of rotatable bonds is 3. The predicted molar refractivity (Wildman–Crippen MR) is 33.0 cm³/mol. The molecule has 3 nitrogen and oxygen atoms in total. The quantitative estimate of drug-likeness (QED) is 0.448. The summed E-state index contributed by atoms with van der Waals surface area (Å²) >= 11 is 0. The van der Waals surface area contributed by atoms with Crippen LogP contribution in [0.2, 0.25) is 0 Å². The topological polar surface area (TPSA) is 43.4 Å². The van der Waals surface area contributed by atoms with Crippen molar-refractivity contribution in [2.75, 3.05) is 6.61 Å². The van der Waals surface area contributed by atoms with E-state index in [1.54, 1.807) is 0 Å². The second kappa shape index (κ2) is 4.45. The van der Waals surface area contributed by atoms with Crippen LogP contribution in [0.15, 0.2) is 0 Å². The van der Waals surface area contributed by atoms with Gasteiger partial charge < -0.3 is 4.74 Å². The first-order chi connectivity index (χ1) is 7.29. The van der Waals surface area contributed by atoms with Gasteiger partial charge in [0.15, 0.2) is 6.61 Å². The van der Waals surface area contributed by atoms with E-state index in [0.717, 1.165) is 0 Å². The van der Waals surface area contributed by atoms with Crippen LogP contribution in [-0.2, 0) is 14.3 Å². The second-order valence-corrected chi connectivity index (χ2v) is 2.61. The lowest BCUT2D eigenvalue weighted by Gasteiger charge is -2.18. The van der Waals surface area contributed by atoms with E-state index in [-0.39, 0.29) is 0 Å². The molecule has 0 atom stereocenters. The third kappa shape index (κ3) is 4.15. The number of ketones is 1. The number of hydrogen-bond donors (Lipinski definition) is 0. The zero-order valence-electron chi connectivity index (χ0n) is 7.46. The van der Waals surface area contributed by atoms with Crippen LogP contribution in [0, 0.1) is 0 Å². The molecule has 0 radical (unpaired) electrons. The maximum absolute atomic E-state index is 12.1. The first-order valence-corrected chi connectivity index (χ1v) is 3.52. The molecule has 11 heteroatoms. The Hall–Kier alpha value is -1.42. The molecule has 100 valence electrons. The average Bonchev–Trinajstić information content (AvgIpc) is 2.09. The Morgan fingerprint density at radius 3 is 1.59 bits per heavy atom. The van der Waals surface area contributed by atoms with E-state index in [1.807, 2.05) is 0 Å². The molecule has 0 fully saturated rings. The molecule has 0 bridgehead atoms. The lowest BCUT2D eigenvalue weighted by Crippen LogP contribution is -2.43. The molecule has 0 unspecified atom stereocenters. The molecule has 0 rings (SSSR count). The van der Waals surface area contributed by atoms with Gasteiger partial charge in [-0.25, -0.2) is 4.79 Å². The number of halogens is 8. The molecule has 0 aromatic carbocycles. The van der Waals surface area contributed by atoms with Crippen molar-refractivity contribution in [3.05, 3.63) is 0 Å². The molecule has 17 heavy (non-hydrogen) atoms. The minimum atomic E-state index is -6.10. The summed E-state index contributed by atoms with van der Waals surface area (Å²) in [7, 11) is 0. The molecule has 0 saturated carbocycles. The Labute approximate surface area is 87.3 Å². The largest absolute Gasteiger partial charge is 0.461 e. The van der Waals surface area contributed by atoms with Crippen molar-refractivity contribution in [1.82, 2.24) is 0 Å². The van der Waals surface area contributed by atoms with Crippen molar-refractivity contribution < 1.29 is 49.4 Å². The third-order valence-corrected chi connectivity index (χ3v) is 1.24. The first-order valence-electron chi connectivity index (χ1n) is 3.52. The van der Waals surface area contributed by atoms with Gasteiger partial charge in [0, 0.05) is 0 Å².